The Morgan fingerprint density at radius 3 is 1.36 bits per heavy atom. The quantitative estimate of drug-likeness (QED) is 0.405. The molecule has 0 N–H and O–H groups in total. The molecule has 162 valence electrons. The lowest BCUT2D eigenvalue weighted by Crippen LogP contribution is -2.29. The van der Waals surface area contributed by atoms with Crippen LogP contribution in [0.4, 0.5) is 0 Å². The van der Waals surface area contributed by atoms with Gasteiger partial charge in [-0.2, -0.15) is 0 Å². The molecule has 5 nitrogen and oxygen atoms in total. The lowest BCUT2D eigenvalue weighted by atomic mass is 9.82. The first-order valence-electron chi connectivity index (χ1n) is 11.1. The second kappa shape index (κ2) is 6.42. The topological polar surface area (TPSA) is 69.7 Å². The van der Waals surface area contributed by atoms with Crippen LogP contribution in [-0.4, -0.2) is 23.8 Å². The second-order valence-electron chi connectivity index (χ2n) is 9.11. The monoisotopic (exact) mass is 436 g/mol. The molecule has 0 spiro atoms. The van der Waals surface area contributed by atoms with Crippen molar-refractivity contribution >= 4 is 11.6 Å². The molecule has 1 aliphatic heterocycles. The fourth-order valence-electron chi connectivity index (χ4n) is 6.44. The number of ether oxygens (including phenoxy) is 1. The molecule has 0 unspecified atom stereocenters. The Balaban J connectivity index is 1.37. The van der Waals surface area contributed by atoms with Crippen molar-refractivity contribution in [2.75, 3.05) is 0 Å². The molecule has 2 saturated carbocycles. The van der Waals surface area contributed by atoms with Gasteiger partial charge in [0.25, 0.3) is 0 Å². The van der Waals surface area contributed by atoms with Crippen LogP contribution in [0, 0.1) is 11.8 Å². The molecule has 5 heteroatoms. The van der Waals surface area contributed by atoms with Gasteiger partial charge >= 0.3 is 0 Å². The summed E-state index contributed by atoms with van der Waals surface area (Å²) in [5.41, 5.74) is 0.0823. The van der Waals surface area contributed by atoms with E-state index in [1.165, 1.54) is 12.5 Å². The highest BCUT2D eigenvalue weighted by molar-refractivity contribution is 6.09. The van der Waals surface area contributed by atoms with Gasteiger partial charge in [-0.25, -0.2) is 0 Å². The fraction of sp³-hybridized carbons (Fsp3) is 0.214. The molecule has 4 aromatic rings. The Kier molecular flexibility index (Phi) is 3.67. The summed E-state index contributed by atoms with van der Waals surface area (Å²) < 4.78 is 17.6. The van der Waals surface area contributed by atoms with Gasteiger partial charge < -0.3 is 13.6 Å². The van der Waals surface area contributed by atoms with Gasteiger partial charge in [0.1, 0.15) is 0 Å². The summed E-state index contributed by atoms with van der Waals surface area (Å²) >= 11 is 0. The van der Waals surface area contributed by atoms with E-state index >= 15 is 0 Å². The Bertz CT molecular complexity index is 1240. The number of rotatable bonds is 6. The summed E-state index contributed by atoms with van der Waals surface area (Å²) in [6.07, 6.45) is 2.46. The van der Waals surface area contributed by atoms with Gasteiger partial charge in [0, 0.05) is 11.8 Å². The highest BCUT2D eigenvalue weighted by Crippen LogP contribution is 2.79. The molecule has 2 aromatic carbocycles. The van der Waals surface area contributed by atoms with E-state index in [0.29, 0.717) is 11.5 Å². The van der Waals surface area contributed by atoms with E-state index in [4.69, 9.17) is 13.6 Å². The third-order valence-corrected chi connectivity index (χ3v) is 7.81. The largest absolute Gasteiger partial charge is 0.461 e. The number of hydrogen-bond donors (Lipinski definition) is 0. The maximum Gasteiger partial charge on any atom is 0.211 e. The lowest BCUT2D eigenvalue weighted by Gasteiger charge is -2.18. The minimum absolute atomic E-state index is 0.0912. The van der Waals surface area contributed by atoms with Gasteiger partial charge in [-0.1, -0.05) is 60.7 Å². The van der Waals surface area contributed by atoms with Crippen LogP contribution < -0.4 is 0 Å². The van der Waals surface area contributed by atoms with Gasteiger partial charge in [-0.15, -0.1) is 0 Å². The lowest BCUT2D eigenvalue weighted by molar-refractivity contribution is 0.0625. The summed E-state index contributed by atoms with van der Waals surface area (Å²) in [6.45, 7) is 0. The predicted molar refractivity (Wildman–Crippen MR) is 118 cm³/mol. The average molecular weight is 436 g/mol. The normalized spacial score (nSPS) is 33.2. The summed E-state index contributed by atoms with van der Waals surface area (Å²) in [5.74, 6) is 0.203. The van der Waals surface area contributed by atoms with Crippen molar-refractivity contribution in [1.29, 1.82) is 0 Å². The van der Waals surface area contributed by atoms with Gasteiger partial charge in [0.05, 0.1) is 35.6 Å². The average Bonchev–Trinajstić information content (AvgIpc) is 3.33. The van der Waals surface area contributed by atoms with Crippen LogP contribution in [0.25, 0.3) is 0 Å². The smallest absolute Gasteiger partial charge is 0.211 e. The van der Waals surface area contributed by atoms with Crippen molar-refractivity contribution in [2.24, 2.45) is 11.8 Å². The number of hydrogen-bond acceptors (Lipinski definition) is 5. The van der Waals surface area contributed by atoms with Crippen LogP contribution in [0.2, 0.25) is 0 Å². The van der Waals surface area contributed by atoms with E-state index in [-0.39, 0.29) is 35.6 Å². The van der Waals surface area contributed by atoms with E-state index < -0.39 is 10.8 Å². The first-order valence-corrected chi connectivity index (χ1v) is 11.1. The van der Waals surface area contributed by atoms with Crippen LogP contribution in [0.5, 0.6) is 0 Å². The molecule has 3 aliphatic rings. The summed E-state index contributed by atoms with van der Waals surface area (Å²) in [4.78, 5) is 27.7. The number of Topliss-reactive ketones (excluding diaryl/α,β-unsaturated/α-hetero) is 2. The zero-order valence-corrected chi connectivity index (χ0v) is 17.6. The van der Waals surface area contributed by atoms with Crippen LogP contribution in [0.15, 0.2) is 106 Å². The molecule has 7 rings (SSSR count). The van der Waals surface area contributed by atoms with E-state index in [9.17, 15) is 9.59 Å². The zero-order chi connectivity index (χ0) is 22.2. The minimum atomic E-state index is -0.861. The number of carbonyl (C=O) groups is 2. The summed E-state index contributed by atoms with van der Waals surface area (Å²) in [6, 6.07) is 26.3. The van der Waals surface area contributed by atoms with E-state index in [0.717, 1.165) is 11.1 Å². The summed E-state index contributed by atoms with van der Waals surface area (Å²) in [7, 11) is 0. The van der Waals surface area contributed by atoms with Crippen LogP contribution in [0.1, 0.15) is 32.2 Å². The molecular formula is C28H20O5. The maximum absolute atomic E-state index is 13.8. The van der Waals surface area contributed by atoms with E-state index in [1.54, 1.807) is 24.3 Å². The fourth-order valence-corrected chi connectivity index (χ4v) is 6.44. The van der Waals surface area contributed by atoms with Crippen molar-refractivity contribution in [2.45, 2.75) is 23.0 Å². The molecule has 3 heterocycles. The van der Waals surface area contributed by atoms with Crippen LogP contribution >= 0.6 is 0 Å². The third kappa shape index (κ3) is 2.20. The highest BCUT2D eigenvalue weighted by atomic mass is 16.5. The van der Waals surface area contributed by atoms with Crippen molar-refractivity contribution in [3.05, 3.63) is 120 Å². The highest BCUT2D eigenvalue weighted by Gasteiger charge is 2.91. The van der Waals surface area contributed by atoms with Gasteiger partial charge in [-0.05, 0) is 35.4 Å². The van der Waals surface area contributed by atoms with Crippen molar-refractivity contribution < 1.29 is 23.2 Å². The van der Waals surface area contributed by atoms with Crippen molar-refractivity contribution in [3.8, 4) is 0 Å². The molecule has 0 bridgehead atoms. The first-order chi connectivity index (χ1) is 16.2. The molecule has 3 fully saturated rings. The van der Waals surface area contributed by atoms with Crippen molar-refractivity contribution in [1.82, 2.24) is 0 Å². The van der Waals surface area contributed by atoms with Crippen molar-refractivity contribution in [3.63, 3.8) is 0 Å². The molecule has 6 atom stereocenters. The van der Waals surface area contributed by atoms with Crippen LogP contribution in [0.3, 0.4) is 0 Å². The number of furan rings is 2. The third-order valence-electron chi connectivity index (χ3n) is 7.81. The Labute approximate surface area is 190 Å². The number of ketones is 2. The number of carbonyl (C=O) groups excluding carboxylic acids is 2. The standard InChI is InChI=1S/C28H20O5/c29-23(19-13-7-15-31-19)27(17-9-3-1-4-10-17)21-22-26(33-25(21)27)28(22,18-11-5-2-6-12-18)24(30)20-14-8-16-32-20/h1-16,21-22,25-26H/t21-,22-,25+,26+,27-,28-/m0/s1. The molecule has 2 aliphatic carbocycles. The Morgan fingerprint density at radius 1 is 0.576 bits per heavy atom. The Morgan fingerprint density at radius 2 is 1.00 bits per heavy atom. The first kappa shape index (κ1) is 18.8. The molecular weight excluding hydrogens is 416 g/mol. The van der Waals surface area contributed by atoms with Gasteiger partial charge in [0.15, 0.2) is 11.5 Å². The Hall–Kier alpha value is -3.70. The maximum atomic E-state index is 13.8. The van der Waals surface area contributed by atoms with E-state index in [1.807, 2.05) is 60.7 Å². The molecule has 33 heavy (non-hydrogen) atoms. The summed E-state index contributed by atoms with van der Waals surface area (Å²) in [5, 5.41) is 0. The van der Waals surface area contributed by atoms with E-state index in [2.05, 4.69) is 0 Å². The van der Waals surface area contributed by atoms with Crippen LogP contribution in [-0.2, 0) is 15.6 Å². The molecule has 2 aromatic heterocycles. The zero-order valence-electron chi connectivity index (χ0n) is 17.6. The second-order valence-corrected chi connectivity index (χ2v) is 9.11. The number of benzene rings is 2. The minimum Gasteiger partial charge on any atom is -0.461 e. The molecule has 1 saturated heterocycles. The van der Waals surface area contributed by atoms with Gasteiger partial charge in [0.2, 0.25) is 11.6 Å². The number of fused-ring (bicyclic) bond motifs is 3. The molecule has 0 radical (unpaired) electrons. The SMILES string of the molecule is O=C(c1ccco1)[C@]1(c2ccccc2)[C@H]2[C@H]3[C@@H](O[C@H]21)[C@@]3(C(=O)c1ccco1)c1ccccc1. The predicted octanol–water partition coefficient (Wildman–Crippen LogP) is 4.84. The molecule has 0 amide bonds. The van der Waals surface area contributed by atoms with Gasteiger partial charge in [-0.3, -0.25) is 9.59 Å².